The van der Waals surface area contributed by atoms with E-state index < -0.39 is 0 Å². The lowest BCUT2D eigenvalue weighted by Crippen LogP contribution is -2.14. The summed E-state index contributed by atoms with van der Waals surface area (Å²) in [5.41, 5.74) is 1.15. The summed E-state index contributed by atoms with van der Waals surface area (Å²) in [5.74, 6) is -0.488. The quantitative estimate of drug-likeness (QED) is 0.631. The summed E-state index contributed by atoms with van der Waals surface area (Å²) >= 11 is 1.33. The van der Waals surface area contributed by atoms with Crippen molar-refractivity contribution in [2.45, 2.75) is 4.90 Å². The second kappa shape index (κ2) is 8.35. The van der Waals surface area contributed by atoms with Crippen LogP contribution in [-0.2, 0) is 4.79 Å². The average Bonchev–Trinajstić information content (AvgIpc) is 3.17. The lowest BCUT2D eigenvalue weighted by Gasteiger charge is -2.07. The highest BCUT2D eigenvalue weighted by molar-refractivity contribution is 8.00. The van der Waals surface area contributed by atoms with E-state index in [-0.39, 0.29) is 29.1 Å². The molecule has 2 amide bonds. The molecule has 1 heterocycles. The largest absolute Gasteiger partial charge is 0.459 e. The van der Waals surface area contributed by atoms with Gasteiger partial charge in [0.15, 0.2) is 5.76 Å². The molecule has 0 radical (unpaired) electrons. The van der Waals surface area contributed by atoms with Crippen LogP contribution in [0, 0.1) is 5.82 Å². The minimum absolute atomic E-state index is 0.187. The summed E-state index contributed by atoms with van der Waals surface area (Å²) in [6.07, 6.45) is 1.43. The van der Waals surface area contributed by atoms with Crippen molar-refractivity contribution in [1.29, 1.82) is 0 Å². The van der Waals surface area contributed by atoms with E-state index >= 15 is 0 Å². The Kier molecular flexibility index (Phi) is 5.70. The third kappa shape index (κ3) is 4.97. The maximum Gasteiger partial charge on any atom is 0.291 e. The molecule has 3 rings (SSSR count). The van der Waals surface area contributed by atoms with Crippen LogP contribution in [0.2, 0.25) is 0 Å². The van der Waals surface area contributed by atoms with Gasteiger partial charge in [0.2, 0.25) is 5.91 Å². The van der Waals surface area contributed by atoms with Crippen LogP contribution in [-0.4, -0.2) is 17.6 Å². The molecule has 0 aliphatic carbocycles. The van der Waals surface area contributed by atoms with Gasteiger partial charge in [-0.1, -0.05) is 6.07 Å². The SMILES string of the molecule is O=C(CSc1cccc(NC(=O)c2ccco2)c1)Nc1ccc(F)cc1. The third-order valence-electron chi connectivity index (χ3n) is 3.33. The summed E-state index contributed by atoms with van der Waals surface area (Å²) in [5, 5.41) is 5.43. The number of carbonyl (C=O) groups is 2. The Balaban J connectivity index is 1.54. The van der Waals surface area contributed by atoms with E-state index in [1.165, 1.54) is 42.3 Å². The molecule has 2 N–H and O–H groups in total. The van der Waals surface area contributed by atoms with Gasteiger partial charge in [0.05, 0.1) is 12.0 Å². The first-order valence-corrected chi connectivity index (χ1v) is 8.72. The summed E-state index contributed by atoms with van der Waals surface area (Å²) in [6, 6.07) is 16.0. The monoisotopic (exact) mass is 370 g/mol. The smallest absolute Gasteiger partial charge is 0.291 e. The van der Waals surface area contributed by atoms with Crippen LogP contribution in [0.15, 0.2) is 76.2 Å². The molecule has 0 aliphatic rings. The van der Waals surface area contributed by atoms with E-state index in [1.807, 2.05) is 6.07 Å². The third-order valence-corrected chi connectivity index (χ3v) is 4.33. The van der Waals surface area contributed by atoms with Crippen LogP contribution >= 0.6 is 11.8 Å². The fourth-order valence-electron chi connectivity index (χ4n) is 2.14. The van der Waals surface area contributed by atoms with Crippen molar-refractivity contribution in [3.63, 3.8) is 0 Å². The van der Waals surface area contributed by atoms with Crippen LogP contribution in [0.4, 0.5) is 15.8 Å². The van der Waals surface area contributed by atoms with Gasteiger partial charge in [-0.05, 0) is 54.6 Å². The standard InChI is InChI=1S/C19H15FN2O3S/c20-13-6-8-14(9-7-13)21-18(23)12-26-16-4-1-3-15(11-16)22-19(24)17-5-2-10-25-17/h1-11H,12H2,(H,21,23)(H,22,24). The maximum atomic E-state index is 12.9. The van der Waals surface area contributed by atoms with Crippen LogP contribution in [0.25, 0.3) is 0 Å². The topological polar surface area (TPSA) is 71.3 Å². The number of halogens is 1. The van der Waals surface area contributed by atoms with Gasteiger partial charge >= 0.3 is 0 Å². The zero-order valence-electron chi connectivity index (χ0n) is 13.6. The Morgan fingerprint density at radius 1 is 0.962 bits per heavy atom. The molecule has 0 fully saturated rings. The normalized spacial score (nSPS) is 10.3. The van der Waals surface area contributed by atoms with E-state index in [2.05, 4.69) is 10.6 Å². The van der Waals surface area contributed by atoms with Crippen molar-refractivity contribution in [2.75, 3.05) is 16.4 Å². The van der Waals surface area contributed by atoms with Gasteiger partial charge in [0, 0.05) is 16.3 Å². The zero-order valence-corrected chi connectivity index (χ0v) is 14.4. The molecule has 0 aliphatic heterocycles. The van der Waals surface area contributed by atoms with Crippen LogP contribution < -0.4 is 10.6 Å². The molecule has 3 aromatic rings. The molecule has 2 aromatic carbocycles. The Hall–Kier alpha value is -3.06. The molecule has 132 valence electrons. The van der Waals surface area contributed by atoms with Crippen molar-refractivity contribution in [3.8, 4) is 0 Å². The number of amides is 2. The highest BCUT2D eigenvalue weighted by Crippen LogP contribution is 2.22. The van der Waals surface area contributed by atoms with Gasteiger partial charge < -0.3 is 15.1 Å². The number of thioether (sulfide) groups is 1. The van der Waals surface area contributed by atoms with E-state index in [9.17, 15) is 14.0 Å². The van der Waals surface area contributed by atoms with Crippen molar-refractivity contribution in [1.82, 2.24) is 0 Å². The first-order chi connectivity index (χ1) is 12.6. The van der Waals surface area contributed by atoms with Gasteiger partial charge in [-0.3, -0.25) is 9.59 Å². The Bertz CT molecular complexity index is 895. The molecule has 26 heavy (non-hydrogen) atoms. The number of anilines is 2. The van der Waals surface area contributed by atoms with Crippen LogP contribution in [0.1, 0.15) is 10.6 Å². The van der Waals surface area contributed by atoms with E-state index in [0.717, 1.165) is 4.90 Å². The summed E-state index contributed by atoms with van der Waals surface area (Å²) in [7, 11) is 0. The first kappa shape index (κ1) is 17.8. The molecule has 5 nitrogen and oxygen atoms in total. The molecule has 1 aromatic heterocycles. The van der Waals surface area contributed by atoms with Gasteiger partial charge in [0.25, 0.3) is 5.91 Å². The molecular formula is C19H15FN2O3S. The molecule has 7 heteroatoms. The lowest BCUT2D eigenvalue weighted by molar-refractivity contribution is -0.113. The average molecular weight is 370 g/mol. The maximum absolute atomic E-state index is 12.9. The van der Waals surface area contributed by atoms with Gasteiger partial charge in [-0.15, -0.1) is 11.8 Å². The number of hydrogen-bond acceptors (Lipinski definition) is 4. The molecule has 0 spiro atoms. The number of nitrogens with one attached hydrogen (secondary N) is 2. The summed E-state index contributed by atoms with van der Waals surface area (Å²) in [6.45, 7) is 0. The molecule has 0 saturated carbocycles. The number of carbonyl (C=O) groups excluding carboxylic acids is 2. The summed E-state index contributed by atoms with van der Waals surface area (Å²) in [4.78, 5) is 24.8. The van der Waals surface area contributed by atoms with E-state index in [4.69, 9.17) is 4.42 Å². The molecular weight excluding hydrogens is 355 g/mol. The number of benzene rings is 2. The Labute approximate surface area is 153 Å². The Morgan fingerprint density at radius 3 is 2.50 bits per heavy atom. The van der Waals surface area contributed by atoms with Crippen LogP contribution in [0.5, 0.6) is 0 Å². The minimum Gasteiger partial charge on any atom is -0.459 e. The van der Waals surface area contributed by atoms with Crippen molar-refractivity contribution >= 4 is 35.0 Å². The van der Waals surface area contributed by atoms with Gasteiger partial charge in [-0.2, -0.15) is 0 Å². The molecule has 0 bridgehead atoms. The summed E-state index contributed by atoms with van der Waals surface area (Å²) < 4.78 is 17.9. The van der Waals surface area contributed by atoms with Crippen molar-refractivity contribution < 1.29 is 18.4 Å². The predicted molar refractivity (Wildman–Crippen MR) is 98.9 cm³/mol. The lowest BCUT2D eigenvalue weighted by atomic mass is 10.3. The van der Waals surface area contributed by atoms with Gasteiger partial charge in [0.1, 0.15) is 5.82 Å². The first-order valence-electron chi connectivity index (χ1n) is 7.73. The second-order valence-electron chi connectivity index (χ2n) is 5.30. The molecule has 0 unspecified atom stereocenters. The Morgan fingerprint density at radius 2 is 1.77 bits per heavy atom. The highest BCUT2D eigenvalue weighted by Gasteiger charge is 2.09. The van der Waals surface area contributed by atoms with E-state index in [0.29, 0.717) is 11.4 Å². The van der Waals surface area contributed by atoms with Crippen LogP contribution in [0.3, 0.4) is 0 Å². The fraction of sp³-hybridized carbons (Fsp3) is 0.0526. The fourth-order valence-corrected chi connectivity index (χ4v) is 2.90. The molecule has 0 saturated heterocycles. The highest BCUT2D eigenvalue weighted by atomic mass is 32.2. The number of furan rings is 1. The number of hydrogen-bond donors (Lipinski definition) is 2. The predicted octanol–water partition coefficient (Wildman–Crippen LogP) is 4.40. The van der Waals surface area contributed by atoms with Crippen molar-refractivity contribution in [3.05, 3.63) is 78.5 Å². The minimum atomic E-state index is -0.356. The van der Waals surface area contributed by atoms with Gasteiger partial charge in [-0.25, -0.2) is 4.39 Å². The second-order valence-corrected chi connectivity index (χ2v) is 6.35. The molecule has 0 atom stereocenters. The van der Waals surface area contributed by atoms with E-state index in [1.54, 1.807) is 30.3 Å². The zero-order chi connectivity index (χ0) is 18.4. The van der Waals surface area contributed by atoms with Crippen molar-refractivity contribution in [2.24, 2.45) is 0 Å². The number of rotatable bonds is 6.